The van der Waals surface area contributed by atoms with Crippen molar-refractivity contribution in [2.75, 3.05) is 11.5 Å². The molecule has 11 heavy (non-hydrogen) atoms. The van der Waals surface area contributed by atoms with E-state index in [0.29, 0.717) is 23.0 Å². The van der Waals surface area contributed by atoms with E-state index in [2.05, 4.69) is 9.97 Å². The topological polar surface area (TPSA) is 104 Å². The lowest BCUT2D eigenvalue weighted by atomic mass is 10.3. The fraction of sp³-hybridized carbons (Fsp3) is 0.333. The monoisotopic (exact) mass is 153 g/mol. The number of anilines is 2. The molecule has 0 fully saturated rings. The Morgan fingerprint density at radius 2 is 1.64 bits per heavy atom. The van der Waals surface area contributed by atoms with E-state index in [1.165, 1.54) is 0 Å². The zero-order chi connectivity index (χ0) is 8.43. The molecule has 0 saturated heterocycles. The molecule has 5 nitrogen and oxygen atoms in total. The molecule has 0 aromatic carbocycles. The van der Waals surface area contributed by atoms with Crippen molar-refractivity contribution in [1.29, 1.82) is 0 Å². The van der Waals surface area contributed by atoms with E-state index < -0.39 is 0 Å². The number of aromatic nitrogens is 2. The zero-order valence-electron chi connectivity index (χ0n) is 6.33. The molecule has 0 aliphatic rings. The lowest BCUT2D eigenvalue weighted by molar-refractivity contribution is 0.988. The van der Waals surface area contributed by atoms with Crippen molar-refractivity contribution in [1.82, 2.24) is 9.97 Å². The summed E-state index contributed by atoms with van der Waals surface area (Å²) in [5.41, 5.74) is 17.0. The van der Waals surface area contributed by atoms with Gasteiger partial charge in [0.2, 0.25) is 0 Å². The Balaban J connectivity index is 3.25. The van der Waals surface area contributed by atoms with Gasteiger partial charge in [-0.2, -0.15) is 0 Å². The molecule has 0 amide bonds. The summed E-state index contributed by atoms with van der Waals surface area (Å²) in [5, 5.41) is 0. The van der Waals surface area contributed by atoms with E-state index in [9.17, 15) is 0 Å². The maximum atomic E-state index is 5.52. The van der Waals surface area contributed by atoms with Crippen molar-refractivity contribution < 1.29 is 0 Å². The number of nitrogens with zero attached hydrogens (tertiary/aromatic N) is 2. The summed E-state index contributed by atoms with van der Waals surface area (Å²) in [6.45, 7) is 2.00. The number of hydrogen-bond donors (Lipinski definition) is 3. The predicted molar refractivity (Wildman–Crippen MR) is 43.5 cm³/mol. The Kier molecular flexibility index (Phi) is 1.91. The maximum Gasteiger partial charge on any atom is 0.133 e. The average molecular weight is 153 g/mol. The fourth-order valence-electron chi connectivity index (χ4n) is 0.849. The van der Waals surface area contributed by atoms with Gasteiger partial charge in [0.25, 0.3) is 0 Å². The lowest BCUT2D eigenvalue weighted by Crippen LogP contribution is -2.10. The van der Waals surface area contributed by atoms with Gasteiger partial charge in [-0.1, -0.05) is 0 Å². The third-order valence-corrected chi connectivity index (χ3v) is 1.39. The number of rotatable bonds is 1. The molecule has 0 unspecified atom stereocenters. The summed E-state index contributed by atoms with van der Waals surface area (Å²) in [6, 6.07) is 0. The van der Waals surface area contributed by atoms with Gasteiger partial charge in [0.1, 0.15) is 17.5 Å². The van der Waals surface area contributed by atoms with Crippen molar-refractivity contribution in [3.63, 3.8) is 0 Å². The number of nitrogens with two attached hydrogens (primary N) is 3. The normalized spacial score (nSPS) is 10.0. The van der Waals surface area contributed by atoms with Gasteiger partial charge in [-0.05, 0) is 6.92 Å². The van der Waals surface area contributed by atoms with Crippen LogP contribution < -0.4 is 17.2 Å². The molecule has 60 valence electrons. The molecular weight excluding hydrogens is 142 g/mol. The van der Waals surface area contributed by atoms with Crippen LogP contribution in [0, 0.1) is 6.92 Å². The first-order chi connectivity index (χ1) is 5.15. The number of hydrogen-bond acceptors (Lipinski definition) is 5. The minimum Gasteiger partial charge on any atom is -0.383 e. The highest BCUT2D eigenvalue weighted by Gasteiger charge is 2.04. The summed E-state index contributed by atoms with van der Waals surface area (Å²) >= 11 is 0. The lowest BCUT2D eigenvalue weighted by Gasteiger charge is -2.04. The van der Waals surface area contributed by atoms with E-state index in [0.717, 1.165) is 0 Å². The van der Waals surface area contributed by atoms with E-state index in [1.807, 2.05) is 0 Å². The van der Waals surface area contributed by atoms with Crippen LogP contribution in [0.2, 0.25) is 0 Å². The number of aryl methyl sites for hydroxylation is 1. The van der Waals surface area contributed by atoms with Crippen LogP contribution in [0.4, 0.5) is 11.6 Å². The first-order valence-corrected chi connectivity index (χ1v) is 3.23. The van der Waals surface area contributed by atoms with Crippen LogP contribution in [0.3, 0.4) is 0 Å². The molecule has 0 saturated carbocycles. The van der Waals surface area contributed by atoms with Crippen molar-refractivity contribution in [3.05, 3.63) is 11.4 Å². The Hall–Kier alpha value is -1.36. The quantitative estimate of drug-likeness (QED) is 0.500. The van der Waals surface area contributed by atoms with E-state index in [-0.39, 0.29) is 6.54 Å². The average Bonchev–Trinajstić information content (AvgIpc) is 1.85. The van der Waals surface area contributed by atoms with Crippen molar-refractivity contribution in [2.24, 2.45) is 5.73 Å². The molecular formula is C6H11N5. The van der Waals surface area contributed by atoms with Gasteiger partial charge in [0.05, 0.1) is 5.56 Å². The maximum absolute atomic E-state index is 5.52. The molecule has 0 aliphatic carbocycles. The minimum absolute atomic E-state index is 0.276. The van der Waals surface area contributed by atoms with Crippen molar-refractivity contribution in [3.8, 4) is 0 Å². The first kappa shape index (κ1) is 7.74. The molecule has 0 bridgehead atoms. The van der Waals surface area contributed by atoms with Crippen molar-refractivity contribution in [2.45, 2.75) is 13.5 Å². The molecule has 0 atom stereocenters. The zero-order valence-corrected chi connectivity index (χ0v) is 6.33. The minimum atomic E-state index is 0.276. The highest BCUT2D eigenvalue weighted by Crippen LogP contribution is 2.13. The highest BCUT2D eigenvalue weighted by molar-refractivity contribution is 5.52. The molecule has 1 rings (SSSR count). The van der Waals surface area contributed by atoms with Crippen LogP contribution in [-0.2, 0) is 6.54 Å². The van der Waals surface area contributed by atoms with Gasteiger partial charge in [-0.25, -0.2) is 9.97 Å². The van der Waals surface area contributed by atoms with Crippen LogP contribution in [0.1, 0.15) is 11.4 Å². The smallest absolute Gasteiger partial charge is 0.133 e. The fourth-order valence-corrected chi connectivity index (χ4v) is 0.849. The molecule has 5 heteroatoms. The second kappa shape index (κ2) is 2.71. The summed E-state index contributed by atoms with van der Waals surface area (Å²) < 4.78 is 0. The largest absolute Gasteiger partial charge is 0.383 e. The van der Waals surface area contributed by atoms with E-state index >= 15 is 0 Å². The standard InChI is InChI=1S/C6H11N5/c1-3-10-5(8)4(2-7)6(9)11-3/h2,7H2,1H3,(H4,8,9,10,11). The van der Waals surface area contributed by atoms with Gasteiger partial charge >= 0.3 is 0 Å². The van der Waals surface area contributed by atoms with Crippen LogP contribution in [0.15, 0.2) is 0 Å². The van der Waals surface area contributed by atoms with Crippen molar-refractivity contribution >= 4 is 11.6 Å². The van der Waals surface area contributed by atoms with Crippen LogP contribution >= 0.6 is 0 Å². The Morgan fingerprint density at radius 1 is 1.18 bits per heavy atom. The van der Waals surface area contributed by atoms with Gasteiger partial charge in [0.15, 0.2) is 0 Å². The Labute approximate surface area is 64.6 Å². The molecule has 1 heterocycles. The van der Waals surface area contributed by atoms with Crippen LogP contribution in [0.25, 0.3) is 0 Å². The molecule has 0 aliphatic heterocycles. The van der Waals surface area contributed by atoms with Gasteiger partial charge in [-0.15, -0.1) is 0 Å². The van der Waals surface area contributed by atoms with Gasteiger partial charge < -0.3 is 17.2 Å². The van der Waals surface area contributed by atoms with Crippen LogP contribution in [0.5, 0.6) is 0 Å². The molecule has 6 N–H and O–H groups in total. The van der Waals surface area contributed by atoms with E-state index in [4.69, 9.17) is 17.2 Å². The summed E-state index contributed by atoms with van der Waals surface area (Å²) in [6.07, 6.45) is 0. The molecule has 1 aromatic heterocycles. The Bertz CT molecular complexity index is 247. The molecule has 0 radical (unpaired) electrons. The highest BCUT2D eigenvalue weighted by atomic mass is 15.0. The van der Waals surface area contributed by atoms with Gasteiger partial charge in [0, 0.05) is 6.54 Å². The predicted octanol–water partition coefficient (Wildman–Crippen LogP) is -0.592. The van der Waals surface area contributed by atoms with E-state index in [1.54, 1.807) is 6.92 Å². The second-order valence-corrected chi connectivity index (χ2v) is 2.22. The summed E-state index contributed by atoms with van der Waals surface area (Å²) in [5.74, 6) is 1.31. The number of nitrogen functional groups attached to an aromatic ring is 2. The summed E-state index contributed by atoms with van der Waals surface area (Å²) in [7, 11) is 0. The third-order valence-electron chi connectivity index (χ3n) is 1.39. The third kappa shape index (κ3) is 1.38. The summed E-state index contributed by atoms with van der Waals surface area (Å²) in [4.78, 5) is 7.82. The van der Waals surface area contributed by atoms with Gasteiger partial charge in [-0.3, -0.25) is 0 Å². The SMILES string of the molecule is Cc1nc(N)c(CN)c(N)n1. The molecule has 0 spiro atoms. The Morgan fingerprint density at radius 3 is 2.00 bits per heavy atom. The second-order valence-electron chi connectivity index (χ2n) is 2.22. The van der Waals surface area contributed by atoms with Crippen LogP contribution in [-0.4, -0.2) is 9.97 Å². The first-order valence-electron chi connectivity index (χ1n) is 3.23. The molecule has 1 aromatic rings.